The Morgan fingerprint density at radius 1 is 1.32 bits per heavy atom. The number of anilines is 1. The zero-order chi connectivity index (χ0) is 17.2. The summed E-state index contributed by atoms with van der Waals surface area (Å²) in [5.41, 5.74) is 4.80. The maximum absolute atomic E-state index is 5.95. The molecular weight excluding hydrogens is 332 g/mol. The smallest absolute Gasteiger partial charge is 0.124 e. The molecule has 0 radical (unpaired) electrons. The van der Waals surface area contributed by atoms with Gasteiger partial charge in [0, 0.05) is 50.5 Å². The van der Waals surface area contributed by atoms with Crippen LogP contribution in [0.2, 0.25) is 0 Å². The number of nitrogens with zero attached hydrogens (tertiary/aromatic N) is 3. The fraction of sp³-hybridized carbons (Fsp3) is 0.316. The summed E-state index contributed by atoms with van der Waals surface area (Å²) in [6, 6.07) is 10.6. The molecule has 1 aliphatic rings. The topological polar surface area (TPSA) is 44.4 Å². The van der Waals surface area contributed by atoms with Crippen LogP contribution >= 0.6 is 11.3 Å². The van der Waals surface area contributed by atoms with Crippen molar-refractivity contribution in [2.45, 2.75) is 13.1 Å². The first-order valence-electron chi connectivity index (χ1n) is 8.42. The number of hydrogen-bond donors (Lipinski definition) is 1. The summed E-state index contributed by atoms with van der Waals surface area (Å²) in [7, 11) is 4.13. The fourth-order valence-electron chi connectivity index (χ4n) is 3.15. The molecule has 0 unspecified atom stereocenters. The predicted octanol–water partition coefficient (Wildman–Crippen LogP) is 3.60. The summed E-state index contributed by atoms with van der Waals surface area (Å²) in [5.74, 6) is 0.999. The zero-order valence-corrected chi connectivity index (χ0v) is 15.3. The van der Waals surface area contributed by atoms with Gasteiger partial charge in [-0.2, -0.15) is 5.10 Å². The summed E-state index contributed by atoms with van der Waals surface area (Å²) >= 11 is 1.73. The minimum absolute atomic E-state index is 0.709. The van der Waals surface area contributed by atoms with Gasteiger partial charge < -0.3 is 9.64 Å². The Kier molecular flexibility index (Phi) is 4.46. The van der Waals surface area contributed by atoms with Crippen molar-refractivity contribution >= 4 is 17.0 Å². The van der Waals surface area contributed by atoms with Gasteiger partial charge in [-0.05, 0) is 29.6 Å². The summed E-state index contributed by atoms with van der Waals surface area (Å²) in [5, 5.41) is 9.51. The van der Waals surface area contributed by atoms with Gasteiger partial charge in [0.25, 0.3) is 0 Å². The molecule has 1 aromatic carbocycles. The molecule has 1 aliphatic heterocycles. The van der Waals surface area contributed by atoms with Gasteiger partial charge in [0.05, 0.1) is 16.8 Å². The average molecular weight is 354 g/mol. The van der Waals surface area contributed by atoms with Gasteiger partial charge in [-0.3, -0.25) is 10.00 Å². The second-order valence-electron chi connectivity index (χ2n) is 6.49. The van der Waals surface area contributed by atoms with E-state index in [1.165, 1.54) is 21.7 Å². The Morgan fingerprint density at radius 2 is 2.24 bits per heavy atom. The van der Waals surface area contributed by atoms with Gasteiger partial charge >= 0.3 is 0 Å². The number of nitrogens with one attached hydrogen (secondary N) is 1. The highest BCUT2D eigenvalue weighted by molar-refractivity contribution is 7.13. The number of benzene rings is 1. The van der Waals surface area contributed by atoms with E-state index in [1.807, 2.05) is 6.20 Å². The number of rotatable bonds is 4. The third-order valence-corrected chi connectivity index (χ3v) is 5.39. The maximum Gasteiger partial charge on any atom is 0.124 e. The third-order valence-electron chi connectivity index (χ3n) is 4.50. The third kappa shape index (κ3) is 3.41. The van der Waals surface area contributed by atoms with Crippen molar-refractivity contribution in [3.05, 3.63) is 53.0 Å². The monoisotopic (exact) mass is 354 g/mol. The van der Waals surface area contributed by atoms with Crippen molar-refractivity contribution in [2.24, 2.45) is 0 Å². The fourth-order valence-corrected chi connectivity index (χ4v) is 3.91. The van der Waals surface area contributed by atoms with Gasteiger partial charge in [-0.15, -0.1) is 11.3 Å². The van der Waals surface area contributed by atoms with E-state index < -0.39 is 0 Å². The van der Waals surface area contributed by atoms with E-state index in [2.05, 4.69) is 69.8 Å². The molecule has 6 heteroatoms. The summed E-state index contributed by atoms with van der Waals surface area (Å²) in [6.45, 7) is 3.35. The molecule has 3 heterocycles. The predicted molar refractivity (Wildman–Crippen MR) is 102 cm³/mol. The Labute approximate surface area is 151 Å². The Balaban J connectivity index is 1.56. The van der Waals surface area contributed by atoms with Crippen LogP contribution in [0.15, 0.2) is 41.9 Å². The van der Waals surface area contributed by atoms with Gasteiger partial charge in [-0.25, -0.2) is 0 Å². The summed E-state index contributed by atoms with van der Waals surface area (Å²) in [4.78, 5) is 5.78. The van der Waals surface area contributed by atoms with Gasteiger partial charge in [0.15, 0.2) is 0 Å². The van der Waals surface area contributed by atoms with Gasteiger partial charge in [0.1, 0.15) is 12.4 Å². The molecule has 1 N–H and O–H groups in total. The molecule has 5 nitrogen and oxygen atoms in total. The Morgan fingerprint density at radius 3 is 3.04 bits per heavy atom. The number of ether oxygens (including phenoxy) is 1. The lowest BCUT2D eigenvalue weighted by Gasteiger charge is -2.20. The van der Waals surface area contributed by atoms with Crippen LogP contribution in [0.1, 0.15) is 11.1 Å². The molecule has 0 saturated carbocycles. The lowest BCUT2D eigenvalue weighted by molar-refractivity contribution is 0.220. The van der Waals surface area contributed by atoms with Gasteiger partial charge in [-0.1, -0.05) is 6.07 Å². The van der Waals surface area contributed by atoms with E-state index in [0.717, 1.165) is 31.1 Å². The molecule has 0 atom stereocenters. The van der Waals surface area contributed by atoms with Crippen LogP contribution < -0.4 is 9.64 Å². The average Bonchev–Trinajstić information content (AvgIpc) is 3.22. The van der Waals surface area contributed by atoms with E-state index in [4.69, 9.17) is 4.74 Å². The Hall–Kier alpha value is -2.31. The van der Waals surface area contributed by atoms with Crippen molar-refractivity contribution in [2.75, 3.05) is 32.1 Å². The number of aromatic amines is 1. The molecule has 2 aromatic heterocycles. The zero-order valence-electron chi connectivity index (χ0n) is 14.5. The molecule has 3 aromatic rings. The van der Waals surface area contributed by atoms with Crippen LogP contribution in [0.3, 0.4) is 0 Å². The van der Waals surface area contributed by atoms with Crippen molar-refractivity contribution in [3.63, 3.8) is 0 Å². The summed E-state index contributed by atoms with van der Waals surface area (Å²) in [6.07, 6.45) is 1.94. The van der Waals surface area contributed by atoms with Crippen molar-refractivity contribution in [1.82, 2.24) is 15.1 Å². The molecule has 130 valence electrons. The quantitative estimate of drug-likeness (QED) is 0.777. The number of fused-ring (bicyclic) bond motifs is 1. The van der Waals surface area contributed by atoms with Crippen LogP contribution in [0.4, 0.5) is 5.69 Å². The first-order valence-corrected chi connectivity index (χ1v) is 9.30. The van der Waals surface area contributed by atoms with Crippen LogP contribution in [0.5, 0.6) is 5.75 Å². The molecule has 0 spiro atoms. The number of aromatic nitrogens is 2. The first-order chi connectivity index (χ1) is 12.2. The van der Waals surface area contributed by atoms with Crippen LogP contribution in [-0.2, 0) is 13.1 Å². The second kappa shape index (κ2) is 6.90. The molecule has 25 heavy (non-hydrogen) atoms. The lowest BCUT2D eigenvalue weighted by Crippen LogP contribution is -2.25. The van der Waals surface area contributed by atoms with E-state index in [9.17, 15) is 0 Å². The standard InChI is InChI=1S/C19H22N4OS/c1-22(2)16-5-6-17-14(10-16)12-23(7-8-24-17)13-15-11-20-21-19(15)18-4-3-9-25-18/h3-6,9-11H,7-8,12-13H2,1-2H3,(H,20,21). The van der Waals surface area contributed by atoms with Crippen LogP contribution in [0, 0.1) is 0 Å². The maximum atomic E-state index is 5.95. The normalized spacial score (nSPS) is 14.6. The van der Waals surface area contributed by atoms with E-state index in [-0.39, 0.29) is 0 Å². The largest absolute Gasteiger partial charge is 0.492 e. The second-order valence-corrected chi connectivity index (χ2v) is 7.44. The van der Waals surface area contributed by atoms with Crippen molar-refractivity contribution in [3.8, 4) is 16.3 Å². The number of thiophene rings is 1. The molecule has 0 saturated heterocycles. The van der Waals surface area contributed by atoms with Gasteiger partial charge in [0.2, 0.25) is 0 Å². The highest BCUT2D eigenvalue weighted by Gasteiger charge is 2.19. The minimum Gasteiger partial charge on any atom is -0.492 e. The van der Waals surface area contributed by atoms with E-state index in [1.54, 1.807) is 11.3 Å². The number of H-pyrrole nitrogens is 1. The van der Waals surface area contributed by atoms with Crippen molar-refractivity contribution < 1.29 is 4.74 Å². The molecule has 0 aliphatic carbocycles. The van der Waals surface area contributed by atoms with Crippen LogP contribution in [-0.4, -0.2) is 42.3 Å². The summed E-state index contributed by atoms with van der Waals surface area (Å²) < 4.78 is 5.95. The van der Waals surface area contributed by atoms with E-state index >= 15 is 0 Å². The van der Waals surface area contributed by atoms with E-state index in [0.29, 0.717) is 6.61 Å². The first kappa shape index (κ1) is 16.2. The molecular formula is C19H22N4OS. The SMILES string of the molecule is CN(C)c1ccc2c(c1)CN(Cc1cn[nH]c1-c1cccs1)CCO2. The Bertz CT molecular complexity index is 841. The lowest BCUT2D eigenvalue weighted by atomic mass is 10.1. The molecule has 0 bridgehead atoms. The highest BCUT2D eigenvalue weighted by atomic mass is 32.1. The highest BCUT2D eigenvalue weighted by Crippen LogP contribution is 2.30. The van der Waals surface area contributed by atoms with Crippen LogP contribution in [0.25, 0.3) is 10.6 Å². The molecule has 4 rings (SSSR count). The number of hydrogen-bond acceptors (Lipinski definition) is 5. The molecule has 0 amide bonds. The van der Waals surface area contributed by atoms with Crippen molar-refractivity contribution in [1.29, 1.82) is 0 Å². The molecule has 0 fully saturated rings. The minimum atomic E-state index is 0.709.